The normalized spacial score (nSPS) is 15.3. The lowest BCUT2D eigenvalue weighted by molar-refractivity contribution is 0.0586. The molecule has 0 aliphatic carbocycles. The van der Waals surface area contributed by atoms with Crippen LogP contribution >= 0.6 is 0 Å². The van der Waals surface area contributed by atoms with Crippen molar-refractivity contribution in [1.82, 2.24) is 9.88 Å². The smallest absolute Gasteiger partial charge is 0.255 e. The van der Waals surface area contributed by atoms with Crippen molar-refractivity contribution in [1.29, 1.82) is 0 Å². The molecule has 2 aromatic rings. The number of amides is 1. The summed E-state index contributed by atoms with van der Waals surface area (Å²) in [7, 11) is 0. The molecule has 1 aromatic heterocycles. The molecule has 1 N–H and O–H groups in total. The molecule has 2 heterocycles. The number of nitrogens with zero attached hydrogens (tertiary/aromatic N) is 1. The van der Waals surface area contributed by atoms with Gasteiger partial charge in [-0.15, -0.1) is 0 Å². The van der Waals surface area contributed by atoms with Crippen LogP contribution in [0.3, 0.4) is 0 Å². The van der Waals surface area contributed by atoms with E-state index in [2.05, 4.69) is 4.98 Å². The quantitative estimate of drug-likeness (QED) is 0.912. The van der Waals surface area contributed by atoms with E-state index in [-0.39, 0.29) is 35.1 Å². The molecule has 0 atom stereocenters. The number of hydrogen-bond donors (Lipinski definition) is 1. The van der Waals surface area contributed by atoms with Gasteiger partial charge in [-0.2, -0.15) is 0 Å². The standard InChI is InChI=1S/C20H23FN2O3/c1-13(2)19-15(7-8-18(24)22-19)20(25)23-11-9-14(10-12-23)26-17-6-4-3-5-16(17)21/h3-8,13-14H,9-12H2,1-2H3,(H,22,24). The van der Waals surface area contributed by atoms with Gasteiger partial charge in [-0.3, -0.25) is 9.59 Å². The summed E-state index contributed by atoms with van der Waals surface area (Å²) in [5.41, 5.74) is 0.988. The molecule has 0 spiro atoms. The van der Waals surface area contributed by atoms with Gasteiger partial charge in [-0.1, -0.05) is 26.0 Å². The van der Waals surface area contributed by atoms with Crippen LogP contribution in [0.1, 0.15) is 48.7 Å². The number of halogens is 1. The number of likely N-dealkylation sites (tertiary alicyclic amines) is 1. The highest BCUT2D eigenvalue weighted by Gasteiger charge is 2.27. The molecule has 1 aliphatic rings. The lowest BCUT2D eigenvalue weighted by Gasteiger charge is -2.32. The number of para-hydroxylation sites is 1. The number of aromatic amines is 1. The summed E-state index contributed by atoms with van der Waals surface area (Å²) < 4.78 is 19.4. The first kappa shape index (κ1) is 18.2. The van der Waals surface area contributed by atoms with Crippen molar-refractivity contribution in [3.8, 4) is 5.75 Å². The van der Waals surface area contributed by atoms with Crippen molar-refractivity contribution in [2.45, 2.75) is 38.7 Å². The second-order valence-corrected chi connectivity index (χ2v) is 6.84. The predicted octanol–water partition coefficient (Wildman–Crippen LogP) is 3.32. The van der Waals surface area contributed by atoms with Crippen molar-refractivity contribution in [3.05, 3.63) is 63.8 Å². The first-order chi connectivity index (χ1) is 12.5. The minimum absolute atomic E-state index is 0.0461. The molecule has 0 unspecified atom stereocenters. The fourth-order valence-electron chi connectivity index (χ4n) is 3.20. The molecule has 26 heavy (non-hydrogen) atoms. The van der Waals surface area contributed by atoms with Crippen molar-refractivity contribution in [3.63, 3.8) is 0 Å². The van der Waals surface area contributed by atoms with Gasteiger partial charge in [0.25, 0.3) is 5.91 Å². The summed E-state index contributed by atoms with van der Waals surface area (Å²) in [6, 6.07) is 9.33. The Kier molecular flexibility index (Phi) is 5.40. The third-order valence-corrected chi connectivity index (χ3v) is 4.62. The number of nitrogens with one attached hydrogen (secondary N) is 1. The maximum atomic E-state index is 13.7. The van der Waals surface area contributed by atoms with Crippen LogP contribution < -0.4 is 10.3 Å². The van der Waals surface area contributed by atoms with E-state index in [4.69, 9.17) is 4.74 Å². The number of piperidine rings is 1. The Bertz CT molecular complexity index is 839. The Labute approximate surface area is 151 Å². The summed E-state index contributed by atoms with van der Waals surface area (Å²) in [6.07, 6.45) is 1.16. The van der Waals surface area contributed by atoms with Crippen molar-refractivity contribution < 1.29 is 13.9 Å². The van der Waals surface area contributed by atoms with Crippen LogP contribution in [0.4, 0.5) is 4.39 Å². The van der Waals surface area contributed by atoms with E-state index in [9.17, 15) is 14.0 Å². The van der Waals surface area contributed by atoms with E-state index in [1.54, 1.807) is 29.2 Å². The van der Waals surface area contributed by atoms with Gasteiger partial charge in [0.2, 0.25) is 5.56 Å². The third-order valence-electron chi connectivity index (χ3n) is 4.62. The summed E-state index contributed by atoms with van der Waals surface area (Å²) in [6.45, 7) is 4.95. The number of carbonyl (C=O) groups is 1. The summed E-state index contributed by atoms with van der Waals surface area (Å²) >= 11 is 0. The van der Waals surface area contributed by atoms with Crippen LogP contribution in [-0.4, -0.2) is 35.0 Å². The molecule has 1 amide bonds. The SMILES string of the molecule is CC(C)c1[nH]c(=O)ccc1C(=O)N1CCC(Oc2ccccc2F)CC1. The largest absolute Gasteiger partial charge is 0.487 e. The van der Waals surface area contributed by atoms with Crippen LogP contribution in [0.5, 0.6) is 5.75 Å². The summed E-state index contributed by atoms with van der Waals surface area (Å²) in [4.78, 5) is 29.0. The maximum absolute atomic E-state index is 13.7. The molecular weight excluding hydrogens is 335 g/mol. The van der Waals surface area contributed by atoms with Crippen LogP contribution in [-0.2, 0) is 0 Å². The zero-order chi connectivity index (χ0) is 18.7. The predicted molar refractivity (Wildman–Crippen MR) is 97.1 cm³/mol. The number of H-pyrrole nitrogens is 1. The zero-order valence-electron chi connectivity index (χ0n) is 15.0. The Balaban J connectivity index is 1.66. The highest BCUT2D eigenvalue weighted by Crippen LogP contribution is 2.23. The van der Waals surface area contributed by atoms with E-state index in [0.717, 1.165) is 0 Å². The average Bonchev–Trinajstić information content (AvgIpc) is 2.63. The molecule has 0 bridgehead atoms. The monoisotopic (exact) mass is 358 g/mol. The van der Waals surface area contributed by atoms with Gasteiger partial charge in [0.05, 0.1) is 5.56 Å². The topological polar surface area (TPSA) is 62.4 Å². The van der Waals surface area contributed by atoms with Crippen LogP contribution in [0, 0.1) is 5.82 Å². The molecule has 1 aliphatic heterocycles. The van der Waals surface area contributed by atoms with Gasteiger partial charge in [0, 0.05) is 37.7 Å². The van der Waals surface area contributed by atoms with Gasteiger partial charge in [0.1, 0.15) is 6.10 Å². The number of hydrogen-bond acceptors (Lipinski definition) is 3. The Morgan fingerprint density at radius 2 is 1.88 bits per heavy atom. The van der Waals surface area contributed by atoms with Gasteiger partial charge < -0.3 is 14.6 Å². The number of pyridine rings is 1. The second-order valence-electron chi connectivity index (χ2n) is 6.84. The first-order valence-corrected chi connectivity index (χ1v) is 8.89. The Morgan fingerprint density at radius 1 is 1.19 bits per heavy atom. The van der Waals surface area contributed by atoms with Gasteiger partial charge in [-0.05, 0) is 24.1 Å². The van der Waals surface area contributed by atoms with Crippen molar-refractivity contribution in [2.75, 3.05) is 13.1 Å². The average molecular weight is 358 g/mol. The molecule has 3 rings (SSSR count). The Hall–Kier alpha value is -2.63. The van der Waals surface area contributed by atoms with Crippen LogP contribution in [0.25, 0.3) is 0 Å². The first-order valence-electron chi connectivity index (χ1n) is 8.89. The van der Waals surface area contributed by atoms with Gasteiger partial charge in [-0.25, -0.2) is 4.39 Å². The number of ether oxygens (including phenoxy) is 1. The van der Waals surface area contributed by atoms with Crippen molar-refractivity contribution >= 4 is 5.91 Å². The summed E-state index contributed by atoms with van der Waals surface area (Å²) in [5.74, 6) is -0.167. The number of rotatable bonds is 4. The summed E-state index contributed by atoms with van der Waals surface area (Å²) in [5, 5.41) is 0. The number of carbonyl (C=O) groups excluding carboxylic acids is 1. The number of benzene rings is 1. The van der Waals surface area contributed by atoms with E-state index in [1.807, 2.05) is 13.8 Å². The van der Waals surface area contributed by atoms with E-state index in [0.29, 0.717) is 37.2 Å². The third kappa shape index (κ3) is 3.95. The molecule has 0 saturated carbocycles. The minimum atomic E-state index is -0.374. The van der Waals surface area contributed by atoms with Crippen LogP contribution in [0.2, 0.25) is 0 Å². The molecule has 5 nitrogen and oxygen atoms in total. The van der Waals surface area contributed by atoms with Gasteiger partial charge >= 0.3 is 0 Å². The lowest BCUT2D eigenvalue weighted by atomic mass is 10.0. The molecule has 0 radical (unpaired) electrons. The van der Waals surface area contributed by atoms with Crippen molar-refractivity contribution in [2.24, 2.45) is 0 Å². The lowest BCUT2D eigenvalue weighted by Crippen LogP contribution is -2.42. The zero-order valence-corrected chi connectivity index (χ0v) is 15.0. The molecule has 1 aromatic carbocycles. The molecular formula is C20H23FN2O3. The van der Waals surface area contributed by atoms with Crippen LogP contribution in [0.15, 0.2) is 41.2 Å². The van der Waals surface area contributed by atoms with Gasteiger partial charge in [0.15, 0.2) is 11.6 Å². The van der Waals surface area contributed by atoms with E-state index >= 15 is 0 Å². The molecule has 1 fully saturated rings. The molecule has 6 heteroatoms. The molecule has 138 valence electrons. The van der Waals surface area contributed by atoms with E-state index < -0.39 is 0 Å². The maximum Gasteiger partial charge on any atom is 0.255 e. The Morgan fingerprint density at radius 3 is 2.54 bits per heavy atom. The second kappa shape index (κ2) is 7.72. The molecule has 1 saturated heterocycles. The highest BCUT2D eigenvalue weighted by atomic mass is 19.1. The minimum Gasteiger partial charge on any atom is -0.487 e. The fraction of sp³-hybridized carbons (Fsp3) is 0.400. The van der Waals surface area contributed by atoms with E-state index in [1.165, 1.54) is 12.1 Å². The number of aromatic nitrogens is 1. The fourth-order valence-corrected chi connectivity index (χ4v) is 3.20. The highest BCUT2D eigenvalue weighted by molar-refractivity contribution is 5.95.